The molecule has 0 bridgehead atoms. The first kappa shape index (κ1) is 22.1. The molecular weight excluding hydrogens is 424 g/mol. The molecule has 2 aliphatic heterocycles. The van der Waals surface area contributed by atoms with E-state index in [4.69, 9.17) is 19.9 Å². The summed E-state index contributed by atoms with van der Waals surface area (Å²) in [5.41, 5.74) is 5.70. The van der Waals surface area contributed by atoms with E-state index >= 15 is 0 Å². The van der Waals surface area contributed by atoms with Crippen molar-refractivity contribution in [2.75, 3.05) is 18.6 Å². The Bertz CT molecular complexity index is 1200. The van der Waals surface area contributed by atoms with Crippen LogP contribution >= 0.6 is 0 Å². The van der Waals surface area contributed by atoms with Gasteiger partial charge in [0.2, 0.25) is 11.8 Å². The fourth-order valence-electron chi connectivity index (χ4n) is 4.43. The number of allylic oxidation sites excluding steroid dienone is 1. The van der Waals surface area contributed by atoms with Crippen LogP contribution in [0.15, 0.2) is 77.4 Å². The van der Waals surface area contributed by atoms with Crippen molar-refractivity contribution < 1.29 is 28.6 Å². The first-order chi connectivity index (χ1) is 15.8. The molecule has 8 heteroatoms. The Morgan fingerprint density at radius 3 is 2.33 bits per heavy atom. The van der Waals surface area contributed by atoms with Crippen molar-refractivity contribution in [3.05, 3.63) is 88.5 Å². The number of fused-ring (bicyclic) bond motifs is 2. The van der Waals surface area contributed by atoms with Crippen LogP contribution in [-0.2, 0) is 40.6 Å². The van der Waals surface area contributed by atoms with Crippen LogP contribution in [0, 0.1) is 0 Å². The first-order valence-electron chi connectivity index (χ1n) is 10.5. The molecule has 2 aromatic carbocycles. The third kappa shape index (κ3) is 3.34. The number of nitrogens with two attached hydrogens (primary N) is 1. The summed E-state index contributed by atoms with van der Waals surface area (Å²) in [6, 6.07) is 16.0. The highest BCUT2D eigenvalue weighted by Gasteiger charge is 2.63. The fraction of sp³-hybridized carbons (Fsp3) is 0.240. The number of likely N-dealkylation sites (N-methyl/N-ethyl adjacent to an activating group) is 1. The van der Waals surface area contributed by atoms with Crippen LogP contribution in [0.3, 0.4) is 0 Å². The molecule has 2 heterocycles. The van der Waals surface area contributed by atoms with E-state index < -0.39 is 23.3 Å². The van der Waals surface area contributed by atoms with Crippen molar-refractivity contribution >= 4 is 23.5 Å². The SMILES string of the molecule is CCOC(=O)C1=C(N)OC(C)=C(C(=O)OCc2ccccc2)[C@@]12C(=O)N(C)c1ccccc12. The monoisotopic (exact) mass is 448 g/mol. The molecule has 170 valence electrons. The van der Waals surface area contributed by atoms with E-state index in [0.717, 1.165) is 5.56 Å². The van der Waals surface area contributed by atoms with Crippen molar-refractivity contribution in [1.29, 1.82) is 0 Å². The number of carbonyl (C=O) groups is 3. The summed E-state index contributed by atoms with van der Waals surface area (Å²) in [6.45, 7) is 3.18. The molecule has 1 amide bonds. The maximum absolute atomic E-state index is 13.9. The van der Waals surface area contributed by atoms with Crippen LogP contribution in [0.25, 0.3) is 0 Å². The van der Waals surface area contributed by atoms with Gasteiger partial charge in [-0.1, -0.05) is 48.5 Å². The summed E-state index contributed by atoms with van der Waals surface area (Å²) in [5, 5.41) is 0. The molecular formula is C25H24N2O6. The average Bonchev–Trinajstić information content (AvgIpc) is 3.01. The minimum atomic E-state index is -1.85. The predicted octanol–water partition coefficient (Wildman–Crippen LogP) is 2.68. The average molecular weight is 448 g/mol. The van der Waals surface area contributed by atoms with Gasteiger partial charge in [0.15, 0.2) is 0 Å². The number of hydrogen-bond acceptors (Lipinski definition) is 7. The van der Waals surface area contributed by atoms with Crippen LogP contribution in [0.1, 0.15) is 25.0 Å². The van der Waals surface area contributed by atoms with Crippen LogP contribution in [0.4, 0.5) is 5.69 Å². The Morgan fingerprint density at radius 2 is 1.64 bits per heavy atom. The number of amides is 1. The highest BCUT2D eigenvalue weighted by molar-refractivity contribution is 6.22. The summed E-state index contributed by atoms with van der Waals surface area (Å²) < 4.78 is 16.4. The van der Waals surface area contributed by atoms with E-state index in [0.29, 0.717) is 11.3 Å². The van der Waals surface area contributed by atoms with Crippen LogP contribution in [0.2, 0.25) is 0 Å². The number of esters is 2. The van der Waals surface area contributed by atoms with Gasteiger partial charge in [0.25, 0.3) is 0 Å². The standard InChI is InChI=1S/C25H24N2O6/c1-4-31-23(29)20-21(26)33-15(2)19(22(28)32-14-16-10-6-5-7-11-16)25(20)17-12-8-9-13-18(17)27(3)24(25)30/h5-13H,4,14,26H2,1-3H3/t25-/m1/s1. The minimum absolute atomic E-state index is 0.0217. The highest BCUT2D eigenvalue weighted by atomic mass is 16.5. The zero-order valence-corrected chi connectivity index (χ0v) is 18.6. The van der Waals surface area contributed by atoms with Crippen molar-refractivity contribution in [1.82, 2.24) is 0 Å². The van der Waals surface area contributed by atoms with Crippen molar-refractivity contribution in [3.8, 4) is 0 Å². The Morgan fingerprint density at radius 1 is 1.00 bits per heavy atom. The number of hydrogen-bond donors (Lipinski definition) is 1. The second kappa shape index (κ2) is 8.46. The smallest absolute Gasteiger partial charge is 0.341 e. The number of nitrogens with zero attached hydrogens (tertiary/aromatic N) is 1. The Hall–Kier alpha value is -4.07. The lowest BCUT2D eigenvalue weighted by molar-refractivity contribution is -0.144. The van der Waals surface area contributed by atoms with Gasteiger partial charge in [-0.05, 0) is 25.5 Å². The van der Waals surface area contributed by atoms with Gasteiger partial charge in [-0.2, -0.15) is 0 Å². The van der Waals surface area contributed by atoms with Gasteiger partial charge in [-0.25, -0.2) is 9.59 Å². The zero-order valence-electron chi connectivity index (χ0n) is 18.6. The predicted molar refractivity (Wildman–Crippen MR) is 119 cm³/mol. The van der Waals surface area contributed by atoms with Gasteiger partial charge in [0.1, 0.15) is 28.9 Å². The Labute approximate surface area is 191 Å². The van der Waals surface area contributed by atoms with Crippen LogP contribution in [-0.4, -0.2) is 31.5 Å². The van der Waals surface area contributed by atoms with E-state index in [9.17, 15) is 14.4 Å². The molecule has 0 aliphatic carbocycles. The second-order valence-electron chi connectivity index (χ2n) is 7.69. The summed E-state index contributed by atoms with van der Waals surface area (Å²) in [7, 11) is 1.58. The molecule has 0 aromatic heterocycles. The third-order valence-electron chi connectivity index (χ3n) is 5.80. The lowest BCUT2D eigenvalue weighted by Gasteiger charge is -2.36. The molecule has 0 unspecified atom stereocenters. The van der Waals surface area contributed by atoms with E-state index in [1.807, 2.05) is 30.3 Å². The van der Waals surface area contributed by atoms with E-state index in [1.165, 1.54) is 11.8 Å². The molecule has 8 nitrogen and oxygen atoms in total. The molecule has 0 fully saturated rings. The van der Waals surface area contributed by atoms with Crippen molar-refractivity contribution in [2.45, 2.75) is 25.9 Å². The topological polar surface area (TPSA) is 108 Å². The molecule has 1 spiro atoms. The van der Waals surface area contributed by atoms with Crippen molar-refractivity contribution in [3.63, 3.8) is 0 Å². The van der Waals surface area contributed by atoms with Gasteiger partial charge in [0, 0.05) is 18.3 Å². The normalized spacial score (nSPS) is 19.5. The lowest BCUT2D eigenvalue weighted by Crippen LogP contribution is -2.50. The summed E-state index contributed by atoms with van der Waals surface area (Å²) >= 11 is 0. The van der Waals surface area contributed by atoms with Gasteiger partial charge in [-0.15, -0.1) is 0 Å². The largest absolute Gasteiger partial charge is 0.462 e. The molecule has 4 rings (SSSR count). The van der Waals surface area contributed by atoms with Crippen LogP contribution in [0.5, 0.6) is 0 Å². The number of ether oxygens (including phenoxy) is 3. The van der Waals surface area contributed by atoms with Gasteiger partial charge >= 0.3 is 11.9 Å². The molecule has 2 aliphatic rings. The number of benzene rings is 2. The Balaban J connectivity index is 1.90. The number of carbonyl (C=O) groups excluding carboxylic acids is 3. The van der Waals surface area contributed by atoms with Gasteiger partial charge < -0.3 is 24.8 Å². The maximum atomic E-state index is 13.9. The summed E-state index contributed by atoms with van der Waals surface area (Å²) in [5.74, 6) is -2.36. The minimum Gasteiger partial charge on any atom is -0.462 e. The van der Waals surface area contributed by atoms with Gasteiger partial charge in [-0.3, -0.25) is 4.79 Å². The summed E-state index contributed by atoms with van der Waals surface area (Å²) in [4.78, 5) is 41.9. The molecule has 0 radical (unpaired) electrons. The molecule has 2 N–H and O–H groups in total. The maximum Gasteiger partial charge on any atom is 0.341 e. The molecule has 0 saturated carbocycles. The highest BCUT2D eigenvalue weighted by Crippen LogP contribution is 2.54. The number of anilines is 1. The molecule has 0 saturated heterocycles. The van der Waals surface area contributed by atoms with E-state index in [-0.39, 0.29) is 36.0 Å². The second-order valence-corrected chi connectivity index (χ2v) is 7.69. The first-order valence-corrected chi connectivity index (χ1v) is 10.5. The molecule has 33 heavy (non-hydrogen) atoms. The zero-order chi connectivity index (χ0) is 23.8. The lowest BCUT2D eigenvalue weighted by atomic mass is 9.67. The summed E-state index contributed by atoms with van der Waals surface area (Å²) in [6.07, 6.45) is 0. The fourth-order valence-corrected chi connectivity index (χ4v) is 4.43. The number of para-hydroxylation sites is 1. The van der Waals surface area contributed by atoms with Crippen molar-refractivity contribution in [2.24, 2.45) is 5.73 Å². The molecule has 1 atom stereocenters. The Kier molecular flexibility index (Phi) is 5.68. The van der Waals surface area contributed by atoms with E-state index in [1.54, 1.807) is 38.2 Å². The van der Waals surface area contributed by atoms with Gasteiger partial charge in [0.05, 0.1) is 6.61 Å². The third-order valence-corrected chi connectivity index (χ3v) is 5.80. The van der Waals surface area contributed by atoms with Crippen LogP contribution < -0.4 is 10.6 Å². The quantitative estimate of drug-likeness (QED) is 0.701. The number of rotatable bonds is 5. The van der Waals surface area contributed by atoms with E-state index in [2.05, 4.69) is 0 Å². The molecule has 2 aromatic rings.